The van der Waals surface area contributed by atoms with E-state index < -0.39 is 12.0 Å². The summed E-state index contributed by atoms with van der Waals surface area (Å²) in [7, 11) is 0. The van der Waals surface area contributed by atoms with Crippen molar-refractivity contribution in [2.24, 2.45) is 0 Å². The standard InChI is InChI=1S/C24H23N9O2/c25-12-15-4-1-5-16(10-15)18-11-19(29-24(26)28-18)20-14-32(31-30-20)13-17-6-2-8-22(27-17)33-9-3-7-21(33)23(34)35/h1-2,4-6,8,10-11,14,21-22,27H,3,7,9,13H2,(H,34,35)(H2,26,28,29)/t21-,22?/m1/s1. The summed E-state index contributed by atoms with van der Waals surface area (Å²) in [6.45, 7) is 1.16. The zero-order valence-electron chi connectivity index (χ0n) is 18.7. The molecule has 11 heteroatoms. The molecule has 176 valence electrons. The molecule has 1 aromatic carbocycles. The molecule has 4 heterocycles. The Kier molecular flexibility index (Phi) is 5.95. The lowest BCUT2D eigenvalue weighted by Crippen LogP contribution is -2.50. The maximum absolute atomic E-state index is 11.6. The second-order valence-electron chi connectivity index (χ2n) is 8.39. The Labute approximate surface area is 201 Å². The molecule has 0 spiro atoms. The number of nitrogens with zero attached hydrogens (tertiary/aromatic N) is 7. The molecular weight excluding hydrogens is 446 g/mol. The van der Waals surface area contributed by atoms with Crippen LogP contribution in [-0.2, 0) is 11.3 Å². The first-order valence-electron chi connectivity index (χ1n) is 11.2. The summed E-state index contributed by atoms with van der Waals surface area (Å²) in [5.41, 5.74) is 9.76. The third kappa shape index (κ3) is 4.73. The van der Waals surface area contributed by atoms with E-state index in [2.05, 4.69) is 31.7 Å². The van der Waals surface area contributed by atoms with Crippen LogP contribution in [0, 0.1) is 11.3 Å². The number of allylic oxidation sites excluding steroid dienone is 3. The fourth-order valence-corrected chi connectivity index (χ4v) is 4.40. The molecular formula is C24H23N9O2. The van der Waals surface area contributed by atoms with Gasteiger partial charge in [0.1, 0.15) is 11.7 Å². The summed E-state index contributed by atoms with van der Waals surface area (Å²) in [5.74, 6) is -0.699. The van der Waals surface area contributed by atoms with Crippen LogP contribution in [0.4, 0.5) is 5.95 Å². The molecule has 4 N–H and O–H groups in total. The lowest BCUT2D eigenvalue weighted by atomic mass is 10.1. The van der Waals surface area contributed by atoms with Crippen LogP contribution in [0.1, 0.15) is 18.4 Å². The van der Waals surface area contributed by atoms with Crippen LogP contribution in [0.2, 0.25) is 0 Å². The van der Waals surface area contributed by atoms with Crippen molar-refractivity contribution in [1.82, 2.24) is 35.2 Å². The molecule has 2 aromatic heterocycles. The first-order chi connectivity index (χ1) is 17.0. The van der Waals surface area contributed by atoms with Crippen LogP contribution in [0.25, 0.3) is 22.6 Å². The van der Waals surface area contributed by atoms with E-state index in [4.69, 9.17) is 5.73 Å². The van der Waals surface area contributed by atoms with E-state index in [1.54, 1.807) is 35.1 Å². The number of carboxylic acids is 1. The van der Waals surface area contributed by atoms with Gasteiger partial charge in [-0.25, -0.2) is 14.6 Å². The fourth-order valence-electron chi connectivity index (χ4n) is 4.40. The molecule has 3 aromatic rings. The lowest BCUT2D eigenvalue weighted by molar-refractivity contribution is -0.142. The van der Waals surface area contributed by atoms with Crippen LogP contribution >= 0.6 is 0 Å². The maximum atomic E-state index is 11.6. The minimum Gasteiger partial charge on any atom is -0.480 e. The molecule has 2 aliphatic heterocycles. The second-order valence-corrected chi connectivity index (χ2v) is 8.39. The van der Waals surface area contributed by atoms with Gasteiger partial charge in [-0.05, 0) is 43.2 Å². The quantitative estimate of drug-likeness (QED) is 0.485. The van der Waals surface area contributed by atoms with Crippen LogP contribution in [-0.4, -0.2) is 59.7 Å². The molecule has 0 bridgehead atoms. The van der Waals surface area contributed by atoms with Gasteiger partial charge in [0.2, 0.25) is 5.95 Å². The van der Waals surface area contributed by atoms with Gasteiger partial charge in [-0.1, -0.05) is 23.4 Å². The van der Waals surface area contributed by atoms with E-state index in [0.29, 0.717) is 35.6 Å². The number of anilines is 1. The summed E-state index contributed by atoms with van der Waals surface area (Å²) in [4.78, 5) is 22.1. The van der Waals surface area contributed by atoms with Gasteiger partial charge in [-0.15, -0.1) is 5.10 Å². The SMILES string of the molecule is N#Cc1cccc(-c2cc(-c3cn(CC4=CC=CC(N5CCC[C@@H]5C(=O)O)N4)nn3)nc(N)n2)c1. The molecule has 5 rings (SSSR count). The highest BCUT2D eigenvalue weighted by Crippen LogP contribution is 2.25. The number of carboxylic acid groups (broad SMARTS) is 1. The molecule has 0 amide bonds. The van der Waals surface area contributed by atoms with Crippen molar-refractivity contribution >= 4 is 11.9 Å². The minimum absolute atomic E-state index is 0.0950. The van der Waals surface area contributed by atoms with E-state index >= 15 is 0 Å². The van der Waals surface area contributed by atoms with Crippen molar-refractivity contribution in [3.63, 3.8) is 0 Å². The Hall–Kier alpha value is -4.56. The number of rotatable bonds is 6. The topological polar surface area (TPSA) is 159 Å². The van der Waals surface area contributed by atoms with E-state index in [-0.39, 0.29) is 12.1 Å². The Bertz CT molecular complexity index is 1370. The zero-order valence-corrected chi connectivity index (χ0v) is 18.7. The van der Waals surface area contributed by atoms with Gasteiger partial charge in [0.25, 0.3) is 0 Å². The van der Waals surface area contributed by atoms with Crippen molar-refractivity contribution in [2.75, 3.05) is 12.3 Å². The third-order valence-electron chi connectivity index (χ3n) is 6.02. The number of benzene rings is 1. The number of aliphatic carboxylic acids is 1. The summed E-state index contributed by atoms with van der Waals surface area (Å²) < 4.78 is 1.68. The van der Waals surface area contributed by atoms with Crippen LogP contribution in [0.5, 0.6) is 0 Å². The second kappa shape index (κ2) is 9.36. The first-order valence-corrected chi connectivity index (χ1v) is 11.2. The Morgan fingerprint density at radius 3 is 2.94 bits per heavy atom. The van der Waals surface area contributed by atoms with Gasteiger partial charge in [0.15, 0.2) is 0 Å². The Morgan fingerprint density at radius 1 is 1.26 bits per heavy atom. The number of nitrogens with two attached hydrogens (primary N) is 1. The largest absolute Gasteiger partial charge is 0.480 e. The summed E-state index contributed by atoms with van der Waals surface area (Å²) >= 11 is 0. The molecule has 0 aliphatic carbocycles. The van der Waals surface area contributed by atoms with E-state index in [1.165, 1.54) is 0 Å². The average Bonchev–Trinajstić information content (AvgIpc) is 3.54. The molecule has 0 radical (unpaired) electrons. The summed E-state index contributed by atoms with van der Waals surface area (Å²) in [6.07, 6.45) is 8.92. The van der Waals surface area contributed by atoms with Crippen molar-refractivity contribution in [3.05, 3.63) is 66.0 Å². The number of nitriles is 1. The van der Waals surface area contributed by atoms with E-state index in [9.17, 15) is 15.2 Å². The van der Waals surface area contributed by atoms with Gasteiger partial charge in [-0.3, -0.25) is 9.69 Å². The van der Waals surface area contributed by atoms with Crippen LogP contribution in [0.3, 0.4) is 0 Å². The lowest BCUT2D eigenvalue weighted by Gasteiger charge is -2.32. The number of nitrogens with one attached hydrogen (secondary N) is 1. The van der Waals surface area contributed by atoms with Crippen LogP contribution < -0.4 is 11.1 Å². The van der Waals surface area contributed by atoms with Gasteiger partial charge in [0.05, 0.1) is 41.9 Å². The number of carbonyl (C=O) groups is 1. The number of likely N-dealkylation sites (tertiary alicyclic amines) is 1. The maximum Gasteiger partial charge on any atom is 0.320 e. The Balaban J connectivity index is 1.32. The smallest absolute Gasteiger partial charge is 0.320 e. The molecule has 1 saturated heterocycles. The van der Waals surface area contributed by atoms with E-state index in [0.717, 1.165) is 24.2 Å². The molecule has 11 nitrogen and oxygen atoms in total. The third-order valence-corrected chi connectivity index (χ3v) is 6.02. The monoisotopic (exact) mass is 469 g/mol. The molecule has 1 unspecified atom stereocenters. The predicted molar refractivity (Wildman–Crippen MR) is 127 cm³/mol. The predicted octanol–water partition coefficient (Wildman–Crippen LogP) is 1.77. The summed E-state index contributed by atoms with van der Waals surface area (Å²) in [5, 5.41) is 30.6. The normalized spacial score (nSPS) is 19.7. The van der Waals surface area contributed by atoms with Crippen molar-refractivity contribution in [2.45, 2.75) is 31.6 Å². The molecule has 0 saturated carbocycles. The molecule has 2 atom stereocenters. The Morgan fingerprint density at radius 2 is 2.11 bits per heavy atom. The molecule has 1 fully saturated rings. The number of nitrogen functional groups attached to an aromatic ring is 1. The highest BCUT2D eigenvalue weighted by Gasteiger charge is 2.35. The van der Waals surface area contributed by atoms with E-state index in [1.807, 2.05) is 29.2 Å². The van der Waals surface area contributed by atoms with Crippen molar-refractivity contribution < 1.29 is 9.90 Å². The zero-order chi connectivity index (χ0) is 24.4. The number of hydrogen-bond acceptors (Lipinski definition) is 9. The van der Waals surface area contributed by atoms with Gasteiger partial charge in [-0.2, -0.15) is 5.26 Å². The highest BCUT2D eigenvalue weighted by atomic mass is 16.4. The number of dihydropyridines is 1. The van der Waals surface area contributed by atoms with Gasteiger partial charge in [0, 0.05) is 17.8 Å². The number of hydrogen-bond donors (Lipinski definition) is 3. The minimum atomic E-state index is -0.794. The molecule has 35 heavy (non-hydrogen) atoms. The fraction of sp³-hybridized carbons (Fsp3) is 0.250. The highest BCUT2D eigenvalue weighted by molar-refractivity contribution is 5.74. The van der Waals surface area contributed by atoms with Crippen molar-refractivity contribution in [3.8, 4) is 28.7 Å². The van der Waals surface area contributed by atoms with Gasteiger partial charge >= 0.3 is 5.97 Å². The van der Waals surface area contributed by atoms with Crippen molar-refractivity contribution in [1.29, 1.82) is 5.26 Å². The van der Waals surface area contributed by atoms with Gasteiger partial charge < -0.3 is 16.2 Å². The van der Waals surface area contributed by atoms with Crippen LogP contribution in [0.15, 0.2) is 60.5 Å². The number of aromatic nitrogens is 5. The first kappa shape index (κ1) is 22.2. The average molecular weight is 470 g/mol. The summed E-state index contributed by atoms with van der Waals surface area (Å²) in [6, 6.07) is 10.5. The molecule has 2 aliphatic rings.